The van der Waals surface area contributed by atoms with Gasteiger partial charge in [-0.2, -0.15) is 0 Å². The molecule has 22 heavy (non-hydrogen) atoms. The van der Waals surface area contributed by atoms with Gasteiger partial charge in [-0.3, -0.25) is 9.52 Å². The summed E-state index contributed by atoms with van der Waals surface area (Å²) in [5.41, 5.74) is 1.08. The maximum atomic E-state index is 12.3. The van der Waals surface area contributed by atoms with Gasteiger partial charge in [-0.05, 0) is 42.6 Å². The van der Waals surface area contributed by atoms with Gasteiger partial charge in [0.15, 0.2) is 0 Å². The van der Waals surface area contributed by atoms with Crippen molar-refractivity contribution in [2.24, 2.45) is 0 Å². The Bertz CT molecular complexity index is 990. The number of anilines is 1. The zero-order valence-corrected chi connectivity index (χ0v) is 12.6. The first-order valence-corrected chi connectivity index (χ1v) is 8.15. The summed E-state index contributed by atoms with van der Waals surface area (Å²) in [7, 11) is -3.67. The smallest absolute Gasteiger partial charge is 0.261 e. The summed E-state index contributed by atoms with van der Waals surface area (Å²) in [6.45, 7) is 1.89. The van der Waals surface area contributed by atoms with Gasteiger partial charge >= 0.3 is 0 Å². The quantitative estimate of drug-likeness (QED) is 0.780. The molecule has 0 aliphatic rings. The fourth-order valence-corrected chi connectivity index (χ4v) is 3.23. The Morgan fingerprint density at radius 1 is 1.00 bits per heavy atom. The largest absolute Gasteiger partial charge is 0.329 e. The van der Waals surface area contributed by atoms with Crippen molar-refractivity contribution in [3.8, 4) is 0 Å². The van der Waals surface area contributed by atoms with Gasteiger partial charge in [0.2, 0.25) is 0 Å². The summed E-state index contributed by atoms with van der Waals surface area (Å²) < 4.78 is 27.2. The number of aromatic nitrogens is 1. The summed E-state index contributed by atoms with van der Waals surface area (Å²) in [5.74, 6) is 0. The van der Waals surface area contributed by atoms with Crippen LogP contribution in [-0.4, -0.2) is 13.4 Å². The zero-order chi connectivity index (χ0) is 15.7. The highest BCUT2D eigenvalue weighted by molar-refractivity contribution is 7.92. The van der Waals surface area contributed by atoms with Crippen LogP contribution in [0.3, 0.4) is 0 Å². The topological polar surface area (TPSA) is 79.0 Å². The van der Waals surface area contributed by atoms with E-state index in [9.17, 15) is 13.2 Å². The van der Waals surface area contributed by atoms with Crippen LogP contribution in [0.5, 0.6) is 0 Å². The SMILES string of the molecule is Cc1ccc(S(=O)(=O)Nc2ccc3cc[nH]c(=O)c3c2)cc1. The molecule has 112 valence electrons. The van der Waals surface area contributed by atoms with E-state index in [-0.39, 0.29) is 10.5 Å². The number of hydrogen-bond donors (Lipinski definition) is 2. The van der Waals surface area contributed by atoms with Crippen LogP contribution >= 0.6 is 0 Å². The van der Waals surface area contributed by atoms with Crippen LogP contribution in [0.15, 0.2) is 64.4 Å². The molecule has 2 aromatic carbocycles. The number of sulfonamides is 1. The van der Waals surface area contributed by atoms with Crippen LogP contribution < -0.4 is 10.3 Å². The van der Waals surface area contributed by atoms with Crippen molar-refractivity contribution >= 4 is 26.5 Å². The van der Waals surface area contributed by atoms with E-state index in [4.69, 9.17) is 0 Å². The van der Waals surface area contributed by atoms with Gasteiger partial charge in [0, 0.05) is 17.3 Å². The molecule has 3 aromatic rings. The number of rotatable bonds is 3. The molecule has 0 saturated heterocycles. The Morgan fingerprint density at radius 2 is 1.73 bits per heavy atom. The molecule has 0 spiro atoms. The van der Waals surface area contributed by atoms with E-state index < -0.39 is 10.0 Å². The fraction of sp³-hybridized carbons (Fsp3) is 0.0625. The molecule has 6 heteroatoms. The molecule has 1 aromatic heterocycles. The lowest BCUT2D eigenvalue weighted by Gasteiger charge is -2.09. The minimum absolute atomic E-state index is 0.181. The van der Waals surface area contributed by atoms with Gasteiger partial charge in [-0.1, -0.05) is 23.8 Å². The molecule has 1 heterocycles. The maximum absolute atomic E-state index is 12.3. The van der Waals surface area contributed by atoms with Crippen molar-refractivity contribution in [3.05, 3.63) is 70.6 Å². The molecule has 0 aliphatic carbocycles. The molecule has 0 atom stereocenters. The van der Waals surface area contributed by atoms with Crippen LogP contribution in [-0.2, 0) is 10.0 Å². The average molecular weight is 314 g/mol. The average Bonchev–Trinajstić information content (AvgIpc) is 2.48. The highest BCUT2D eigenvalue weighted by Gasteiger charge is 2.14. The van der Waals surface area contributed by atoms with Gasteiger partial charge in [-0.25, -0.2) is 8.42 Å². The minimum atomic E-state index is -3.67. The fourth-order valence-electron chi connectivity index (χ4n) is 2.18. The van der Waals surface area contributed by atoms with E-state index in [1.165, 1.54) is 6.07 Å². The van der Waals surface area contributed by atoms with Gasteiger partial charge in [0.25, 0.3) is 15.6 Å². The predicted molar refractivity (Wildman–Crippen MR) is 86.6 cm³/mol. The molecular weight excluding hydrogens is 300 g/mol. The Kier molecular flexibility index (Phi) is 3.46. The Balaban J connectivity index is 2.00. The molecule has 0 radical (unpaired) electrons. The van der Waals surface area contributed by atoms with Gasteiger partial charge in [-0.15, -0.1) is 0 Å². The van der Waals surface area contributed by atoms with Gasteiger partial charge < -0.3 is 4.98 Å². The Morgan fingerprint density at radius 3 is 2.45 bits per heavy atom. The third-order valence-corrected chi connectivity index (χ3v) is 4.76. The molecule has 0 amide bonds. The first-order chi connectivity index (χ1) is 10.5. The minimum Gasteiger partial charge on any atom is -0.329 e. The molecule has 5 nitrogen and oxygen atoms in total. The number of aromatic amines is 1. The lowest BCUT2D eigenvalue weighted by atomic mass is 10.1. The van der Waals surface area contributed by atoms with E-state index in [1.54, 1.807) is 48.7 Å². The lowest BCUT2D eigenvalue weighted by Crippen LogP contribution is -2.13. The van der Waals surface area contributed by atoms with Crippen molar-refractivity contribution in [2.75, 3.05) is 4.72 Å². The van der Waals surface area contributed by atoms with Crippen LogP contribution in [0, 0.1) is 6.92 Å². The van der Waals surface area contributed by atoms with Crippen molar-refractivity contribution in [1.82, 2.24) is 4.98 Å². The first kappa shape index (κ1) is 14.3. The molecular formula is C16H14N2O3S. The van der Waals surface area contributed by atoms with Gasteiger partial charge in [0.1, 0.15) is 0 Å². The number of nitrogens with one attached hydrogen (secondary N) is 2. The normalized spacial score (nSPS) is 11.5. The highest BCUT2D eigenvalue weighted by atomic mass is 32.2. The predicted octanol–water partition coefficient (Wildman–Crippen LogP) is 2.64. The van der Waals surface area contributed by atoms with Crippen LogP contribution in [0.4, 0.5) is 5.69 Å². The van der Waals surface area contributed by atoms with Crippen molar-refractivity contribution in [3.63, 3.8) is 0 Å². The van der Waals surface area contributed by atoms with E-state index in [0.717, 1.165) is 10.9 Å². The van der Waals surface area contributed by atoms with Crippen molar-refractivity contribution in [2.45, 2.75) is 11.8 Å². The van der Waals surface area contributed by atoms with E-state index in [2.05, 4.69) is 9.71 Å². The molecule has 3 rings (SSSR count). The third-order valence-electron chi connectivity index (χ3n) is 3.36. The number of benzene rings is 2. The van der Waals surface area contributed by atoms with Gasteiger partial charge in [0.05, 0.1) is 4.90 Å². The molecule has 0 saturated carbocycles. The highest BCUT2D eigenvalue weighted by Crippen LogP contribution is 2.19. The standard InChI is InChI=1S/C16H14N2O3S/c1-11-2-6-14(7-3-11)22(20,21)18-13-5-4-12-8-9-17-16(19)15(12)10-13/h2-10,18H,1H3,(H,17,19). The summed E-state index contributed by atoms with van der Waals surface area (Å²) in [6.07, 6.45) is 1.56. The summed E-state index contributed by atoms with van der Waals surface area (Å²) in [6, 6.07) is 13.2. The van der Waals surface area contributed by atoms with E-state index >= 15 is 0 Å². The number of pyridine rings is 1. The summed E-state index contributed by atoms with van der Waals surface area (Å²) in [5, 5.41) is 1.19. The zero-order valence-electron chi connectivity index (χ0n) is 11.8. The number of fused-ring (bicyclic) bond motifs is 1. The van der Waals surface area contributed by atoms with Crippen LogP contribution in [0.25, 0.3) is 10.8 Å². The monoisotopic (exact) mass is 314 g/mol. The second kappa shape index (κ2) is 5.31. The molecule has 0 fully saturated rings. The lowest BCUT2D eigenvalue weighted by molar-refractivity contribution is 0.601. The maximum Gasteiger partial charge on any atom is 0.261 e. The van der Waals surface area contributed by atoms with Crippen molar-refractivity contribution in [1.29, 1.82) is 0 Å². The third kappa shape index (κ3) is 2.73. The Labute approximate surface area is 127 Å². The molecule has 2 N–H and O–H groups in total. The summed E-state index contributed by atoms with van der Waals surface area (Å²) in [4.78, 5) is 14.5. The first-order valence-electron chi connectivity index (χ1n) is 6.67. The van der Waals surface area contributed by atoms with E-state index in [1.807, 2.05) is 6.92 Å². The van der Waals surface area contributed by atoms with Crippen LogP contribution in [0.1, 0.15) is 5.56 Å². The summed E-state index contributed by atoms with van der Waals surface area (Å²) >= 11 is 0. The van der Waals surface area contributed by atoms with Crippen LogP contribution in [0.2, 0.25) is 0 Å². The van der Waals surface area contributed by atoms with Crippen molar-refractivity contribution < 1.29 is 8.42 Å². The molecule has 0 bridgehead atoms. The molecule has 0 unspecified atom stereocenters. The number of H-pyrrole nitrogens is 1. The number of hydrogen-bond acceptors (Lipinski definition) is 3. The Hall–Kier alpha value is -2.60. The second-order valence-corrected chi connectivity index (χ2v) is 6.71. The molecule has 0 aliphatic heterocycles. The van der Waals surface area contributed by atoms with E-state index in [0.29, 0.717) is 11.1 Å². The second-order valence-electron chi connectivity index (χ2n) is 5.03. The number of aryl methyl sites for hydroxylation is 1.